The lowest BCUT2D eigenvalue weighted by Crippen LogP contribution is -2.49. The van der Waals surface area contributed by atoms with Gasteiger partial charge in [0.25, 0.3) is 0 Å². The fourth-order valence-corrected chi connectivity index (χ4v) is 4.55. The SMILES string of the molecule is N#Cc1cc(S(=O)(=O)N2CCCCC2CNC(=O)CCN)ccc1F. The molecule has 1 aliphatic heterocycles. The van der Waals surface area contributed by atoms with Gasteiger partial charge in [-0.3, -0.25) is 4.79 Å². The van der Waals surface area contributed by atoms with Gasteiger partial charge < -0.3 is 11.1 Å². The number of amides is 1. The minimum atomic E-state index is -3.88. The number of sulfonamides is 1. The quantitative estimate of drug-likeness (QED) is 0.767. The maximum Gasteiger partial charge on any atom is 0.243 e. The molecule has 0 saturated carbocycles. The van der Waals surface area contributed by atoms with Crippen LogP contribution in [0, 0.1) is 17.1 Å². The number of carbonyl (C=O) groups is 1. The average molecular weight is 368 g/mol. The van der Waals surface area contributed by atoms with Crippen molar-refractivity contribution in [3.63, 3.8) is 0 Å². The van der Waals surface area contributed by atoms with E-state index in [0.717, 1.165) is 24.6 Å². The Bertz CT molecular complexity index is 776. The van der Waals surface area contributed by atoms with Gasteiger partial charge in [0.1, 0.15) is 11.9 Å². The molecule has 1 saturated heterocycles. The third kappa shape index (κ3) is 4.54. The largest absolute Gasteiger partial charge is 0.354 e. The van der Waals surface area contributed by atoms with Gasteiger partial charge >= 0.3 is 0 Å². The van der Waals surface area contributed by atoms with Crippen LogP contribution in [0.5, 0.6) is 0 Å². The summed E-state index contributed by atoms with van der Waals surface area (Å²) in [5.74, 6) is -0.982. The molecule has 0 aliphatic carbocycles. The third-order valence-corrected chi connectivity index (χ3v) is 6.09. The van der Waals surface area contributed by atoms with E-state index in [9.17, 15) is 17.6 Å². The summed E-state index contributed by atoms with van der Waals surface area (Å²) in [6, 6.07) is 4.45. The van der Waals surface area contributed by atoms with Gasteiger partial charge in [0.2, 0.25) is 15.9 Å². The zero-order valence-corrected chi connectivity index (χ0v) is 14.6. The lowest BCUT2D eigenvalue weighted by Gasteiger charge is -2.34. The zero-order valence-electron chi connectivity index (χ0n) is 13.7. The highest BCUT2D eigenvalue weighted by molar-refractivity contribution is 7.89. The van der Waals surface area contributed by atoms with Gasteiger partial charge in [-0.25, -0.2) is 12.8 Å². The van der Waals surface area contributed by atoms with E-state index in [1.165, 1.54) is 4.31 Å². The fraction of sp³-hybridized carbons (Fsp3) is 0.500. The Balaban J connectivity index is 2.23. The van der Waals surface area contributed by atoms with E-state index in [1.807, 2.05) is 0 Å². The van der Waals surface area contributed by atoms with Crippen LogP contribution < -0.4 is 11.1 Å². The number of rotatable bonds is 6. The summed E-state index contributed by atoms with van der Waals surface area (Å²) >= 11 is 0. The van der Waals surface area contributed by atoms with Crippen LogP contribution in [0.25, 0.3) is 0 Å². The highest BCUT2D eigenvalue weighted by atomic mass is 32.2. The maximum absolute atomic E-state index is 13.5. The number of halogens is 1. The van der Waals surface area contributed by atoms with E-state index in [-0.39, 0.29) is 41.9 Å². The van der Waals surface area contributed by atoms with E-state index in [4.69, 9.17) is 11.0 Å². The normalized spacial score (nSPS) is 18.5. The van der Waals surface area contributed by atoms with E-state index in [2.05, 4.69) is 5.32 Å². The molecule has 1 unspecified atom stereocenters. The smallest absolute Gasteiger partial charge is 0.243 e. The number of carbonyl (C=O) groups excluding carboxylic acids is 1. The van der Waals surface area contributed by atoms with Crippen LogP contribution in [-0.4, -0.2) is 44.3 Å². The van der Waals surface area contributed by atoms with Crippen molar-refractivity contribution in [1.82, 2.24) is 9.62 Å². The molecule has 0 aromatic heterocycles. The first-order valence-electron chi connectivity index (χ1n) is 8.08. The van der Waals surface area contributed by atoms with Crippen molar-refractivity contribution in [1.29, 1.82) is 5.26 Å². The second-order valence-electron chi connectivity index (χ2n) is 5.86. The summed E-state index contributed by atoms with van der Waals surface area (Å²) in [4.78, 5) is 11.5. The van der Waals surface area contributed by atoms with E-state index < -0.39 is 15.8 Å². The van der Waals surface area contributed by atoms with Crippen LogP contribution in [0.3, 0.4) is 0 Å². The molecule has 136 valence electrons. The number of benzene rings is 1. The van der Waals surface area contributed by atoms with Gasteiger partial charge in [0.05, 0.1) is 10.5 Å². The predicted molar refractivity (Wildman–Crippen MR) is 89.3 cm³/mol. The van der Waals surface area contributed by atoms with Crippen molar-refractivity contribution in [3.8, 4) is 6.07 Å². The number of nitrogens with two attached hydrogens (primary N) is 1. The molecule has 1 fully saturated rings. The molecule has 3 N–H and O–H groups in total. The first-order chi connectivity index (χ1) is 11.9. The Kier molecular flexibility index (Phi) is 6.47. The Morgan fingerprint density at radius 3 is 2.88 bits per heavy atom. The van der Waals surface area contributed by atoms with Gasteiger partial charge in [0, 0.05) is 32.1 Å². The van der Waals surface area contributed by atoms with Gasteiger partial charge in [-0.05, 0) is 31.0 Å². The van der Waals surface area contributed by atoms with Crippen molar-refractivity contribution >= 4 is 15.9 Å². The number of hydrogen-bond acceptors (Lipinski definition) is 5. The lowest BCUT2D eigenvalue weighted by atomic mass is 10.1. The Labute approximate surface area is 146 Å². The minimum Gasteiger partial charge on any atom is -0.354 e. The van der Waals surface area contributed by atoms with Crippen LogP contribution in [0.15, 0.2) is 23.1 Å². The summed E-state index contributed by atoms with van der Waals surface area (Å²) in [6.07, 6.45) is 2.37. The van der Waals surface area contributed by atoms with Gasteiger partial charge in [-0.15, -0.1) is 0 Å². The molecule has 0 spiro atoms. The molecule has 1 aromatic rings. The predicted octanol–water partition coefficient (Wildman–Crippen LogP) is 0.706. The Morgan fingerprint density at radius 2 is 2.20 bits per heavy atom. The van der Waals surface area contributed by atoms with Gasteiger partial charge in [-0.1, -0.05) is 6.42 Å². The molecule has 1 heterocycles. The molecule has 7 nitrogen and oxygen atoms in total. The maximum atomic E-state index is 13.5. The minimum absolute atomic E-state index is 0.120. The molecule has 1 aliphatic rings. The van der Waals surface area contributed by atoms with Gasteiger partial charge in [0.15, 0.2) is 0 Å². The summed E-state index contributed by atoms with van der Waals surface area (Å²) in [5, 5.41) is 11.6. The van der Waals surface area contributed by atoms with Crippen LogP contribution in [0.1, 0.15) is 31.2 Å². The molecular weight excluding hydrogens is 347 g/mol. The van der Waals surface area contributed by atoms with E-state index in [0.29, 0.717) is 19.4 Å². The van der Waals surface area contributed by atoms with Crippen molar-refractivity contribution in [2.24, 2.45) is 5.73 Å². The summed E-state index contributed by atoms with van der Waals surface area (Å²) in [6.45, 7) is 0.744. The number of nitrogens with zero attached hydrogens (tertiary/aromatic N) is 2. The standard InChI is InChI=1S/C16H21FN4O3S/c17-15-5-4-14(9-12(15)10-19)25(23,24)21-8-2-1-3-13(21)11-20-16(22)6-7-18/h4-5,9,13H,1-3,6-8,11,18H2,(H,20,22). The summed E-state index contributed by atoms with van der Waals surface area (Å²) in [7, 11) is -3.88. The van der Waals surface area contributed by atoms with Crippen LogP contribution >= 0.6 is 0 Å². The number of piperidine rings is 1. The molecular formula is C16H21FN4O3S. The number of hydrogen-bond donors (Lipinski definition) is 2. The number of nitrogens with one attached hydrogen (secondary N) is 1. The molecule has 1 atom stereocenters. The van der Waals surface area contributed by atoms with Crippen molar-refractivity contribution in [3.05, 3.63) is 29.6 Å². The molecule has 0 radical (unpaired) electrons. The zero-order chi connectivity index (χ0) is 18.4. The van der Waals surface area contributed by atoms with Crippen LogP contribution in [-0.2, 0) is 14.8 Å². The second-order valence-corrected chi connectivity index (χ2v) is 7.75. The molecule has 0 bridgehead atoms. The van der Waals surface area contributed by atoms with Crippen molar-refractivity contribution in [2.75, 3.05) is 19.6 Å². The van der Waals surface area contributed by atoms with Crippen LogP contribution in [0.2, 0.25) is 0 Å². The molecule has 25 heavy (non-hydrogen) atoms. The summed E-state index contributed by atoms with van der Waals surface area (Å²) in [5.41, 5.74) is 5.01. The molecule has 2 rings (SSSR count). The van der Waals surface area contributed by atoms with Crippen LogP contribution in [0.4, 0.5) is 4.39 Å². The summed E-state index contributed by atoms with van der Waals surface area (Å²) < 4.78 is 40.6. The second kappa shape index (κ2) is 8.38. The third-order valence-electron chi connectivity index (χ3n) is 4.14. The van der Waals surface area contributed by atoms with Crippen molar-refractivity contribution in [2.45, 2.75) is 36.6 Å². The topological polar surface area (TPSA) is 116 Å². The van der Waals surface area contributed by atoms with Crippen molar-refractivity contribution < 1.29 is 17.6 Å². The highest BCUT2D eigenvalue weighted by Crippen LogP contribution is 2.26. The number of nitriles is 1. The van der Waals surface area contributed by atoms with E-state index in [1.54, 1.807) is 6.07 Å². The molecule has 1 amide bonds. The average Bonchev–Trinajstić information content (AvgIpc) is 2.60. The Morgan fingerprint density at radius 1 is 1.44 bits per heavy atom. The first kappa shape index (κ1) is 19.3. The lowest BCUT2D eigenvalue weighted by molar-refractivity contribution is -0.121. The highest BCUT2D eigenvalue weighted by Gasteiger charge is 2.34. The van der Waals surface area contributed by atoms with Gasteiger partial charge in [-0.2, -0.15) is 9.57 Å². The first-order valence-corrected chi connectivity index (χ1v) is 9.52. The fourth-order valence-electron chi connectivity index (χ4n) is 2.83. The molecule has 1 aromatic carbocycles. The Hall–Kier alpha value is -2.02. The van der Waals surface area contributed by atoms with E-state index >= 15 is 0 Å². The molecule has 9 heteroatoms. The monoisotopic (exact) mass is 368 g/mol.